The maximum Gasteiger partial charge on any atom is 0.170 e. The summed E-state index contributed by atoms with van der Waals surface area (Å²) < 4.78 is 42.1. The van der Waals surface area contributed by atoms with Gasteiger partial charge < -0.3 is 0 Å². The minimum absolute atomic E-state index is 0.0658. The Morgan fingerprint density at radius 2 is 1.92 bits per heavy atom. The highest BCUT2D eigenvalue weighted by molar-refractivity contribution is 7.13. The topological polar surface area (TPSA) is 12.9 Å². The van der Waals surface area contributed by atoms with E-state index in [9.17, 15) is 13.2 Å². The Morgan fingerprint density at radius 3 is 2.62 bits per heavy atom. The highest BCUT2D eigenvalue weighted by Gasteiger charge is 2.17. The fourth-order valence-corrected chi connectivity index (χ4v) is 2.01. The monoisotopic (exact) mass is 223 g/mol. The number of halogens is 4. The van der Waals surface area contributed by atoms with Crippen LogP contribution in [0.4, 0.5) is 13.2 Å². The van der Waals surface area contributed by atoms with Crippen molar-refractivity contribution in [3.05, 3.63) is 28.7 Å². The molecular weight excluding hydrogens is 223 g/mol. The van der Waals surface area contributed by atoms with E-state index in [1.165, 1.54) is 0 Å². The molecule has 13 heavy (non-hydrogen) atoms. The summed E-state index contributed by atoms with van der Waals surface area (Å²) in [5.41, 5.74) is 0. The van der Waals surface area contributed by atoms with E-state index in [0.29, 0.717) is 17.6 Å². The van der Waals surface area contributed by atoms with Crippen LogP contribution >= 0.6 is 23.1 Å². The van der Waals surface area contributed by atoms with E-state index in [4.69, 9.17) is 11.6 Å². The van der Waals surface area contributed by atoms with Gasteiger partial charge in [-0.15, -0.1) is 0 Å². The van der Waals surface area contributed by atoms with Crippen molar-refractivity contribution >= 4 is 33.2 Å². The van der Waals surface area contributed by atoms with Crippen molar-refractivity contribution in [3.63, 3.8) is 0 Å². The number of rotatable bonds is 0. The first-order valence-electron chi connectivity index (χ1n) is 3.19. The summed E-state index contributed by atoms with van der Waals surface area (Å²) in [5.74, 6) is -3.26. The van der Waals surface area contributed by atoms with Gasteiger partial charge in [-0.3, -0.25) is 0 Å². The van der Waals surface area contributed by atoms with Crippen molar-refractivity contribution in [1.82, 2.24) is 4.37 Å². The van der Waals surface area contributed by atoms with Gasteiger partial charge in [-0.25, -0.2) is 13.2 Å². The minimum Gasteiger partial charge on any atom is -0.205 e. The second kappa shape index (κ2) is 2.85. The first kappa shape index (κ1) is 8.77. The maximum absolute atomic E-state index is 13.0. The Hall–Kier alpha value is -0.810. The molecule has 0 radical (unpaired) electrons. The lowest BCUT2D eigenvalue weighted by Gasteiger charge is -1.95. The summed E-state index contributed by atoms with van der Waals surface area (Å²) in [5, 5.41) is -0.500. The van der Waals surface area contributed by atoms with Crippen LogP contribution in [0, 0.1) is 17.5 Å². The van der Waals surface area contributed by atoms with Crippen LogP contribution in [0.25, 0.3) is 10.1 Å². The molecule has 0 spiro atoms. The smallest absolute Gasteiger partial charge is 0.170 e. The molecule has 0 aliphatic carbocycles. The highest BCUT2D eigenvalue weighted by Crippen LogP contribution is 2.32. The molecule has 1 aromatic carbocycles. The number of benzene rings is 1. The van der Waals surface area contributed by atoms with E-state index < -0.39 is 17.5 Å². The van der Waals surface area contributed by atoms with Gasteiger partial charge in [-0.2, -0.15) is 4.37 Å². The molecule has 0 aliphatic rings. The van der Waals surface area contributed by atoms with Gasteiger partial charge in [0.1, 0.15) is 5.82 Å². The van der Waals surface area contributed by atoms with Crippen LogP contribution in [0.1, 0.15) is 0 Å². The molecule has 0 aliphatic heterocycles. The number of fused-ring (bicyclic) bond motifs is 1. The Kier molecular flexibility index (Phi) is 1.92. The predicted octanol–water partition coefficient (Wildman–Crippen LogP) is 3.37. The van der Waals surface area contributed by atoms with E-state index in [1.54, 1.807) is 0 Å². The van der Waals surface area contributed by atoms with Gasteiger partial charge in [0.2, 0.25) is 0 Å². The third-order valence-electron chi connectivity index (χ3n) is 1.55. The molecular formula is C7HClF3NS. The van der Waals surface area contributed by atoms with Crippen LogP contribution in [0.3, 0.4) is 0 Å². The Balaban J connectivity index is 3.00. The summed E-state index contributed by atoms with van der Waals surface area (Å²) in [6, 6.07) is 0.478. The van der Waals surface area contributed by atoms with Gasteiger partial charge in [0.25, 0.3) is 0 Å². The van der Waals surface area contributed by atoms with Crippen molar-refractivity contribution < 1.29 is 13.2 Å². The lowest BCUT2D eigenvalue weighted by molar-refractivity contribution is 0.506. The zero-order chi connectivity index (χ0) is 9.59. The molecule has 0 saturated heterocycles. The Morgan fingerprint density at radius 1 is 1.23 bits per heavy atom. The molecule has 1 aromatic heterocycles. The number of nitrogens with zero attached hydrogens (tertiary/aromatic N) is 1. The summed E-state index contributed by atoms with van der Waals surface area (Å²) in [7, 11) is 0. The van der Waals surface area contributed by atoms with E-state index in [0.717, 1.165) is 0 Å². The second-order valence-corrected chi connectivity index (χ2v) is 3.46. The molecule has 68 valence electrons. The summed E-state index contributed by atoms with van der Waals surface area (Å²) >= 11 is 6.15. The fourth-order valence-electron chi connectivity index (χ4n) is 0.984. The Bertz CT molecular complexity index is 482. The van der Waals surface area contributed by atoms with Gasteiger partial charge in [0, 0.05) is 6.07 Å². The van der Waals surface area contributed by atoms with Crippen molar-refractivity contribution in [1.29, 1.82) is 0 Å². The van der Waals surface area contributed by atoms with Crippen LogP contribution in [0.15, 0.2) is 6.07 Å². The lowest BCUT2D eigenvalue weighted by Crippen LogP contribution is -1.87. The standard InChI is InChI=1S/C7HClF3NS/c8-7-4-5(11)2(9)1-3(10)6(4)13-12-7/h1H. The molecule has 1 nitrogen and oxygen atoms in total. The number of hydrogen-bond donors (Lipinski definition) is 0. The van der Waals surface area contributed by atoms with Crippen molar-refractivity contribution in [3.8, 4) is 0 Å². The molecule has 0 atom stereocenters. The highest BCUT2D eigenvalue weighted by atomic mass is 35.5. The first-order chi connectivity index (χ1) is 6.11. The van der Waals surface area contributed by atoms with Crippen LogP contribution < -0.4 is 0 Å². The number of hydrogen-bond acceptors (Lipinski definition) is 2. The summed E-state index contributed by atoms with van der Waals surface area (Å²) in [6.07, 6.45) is 0. The molecule has 1 heterocycles. The van der Waals surface area contributed by atoms with Crippen molar-refractivity contribution in [2.24, 2.45) is 0 Å². The van der Waals surface area contributed by atoms with Gasteiger partial charge in [0.05, 0.1) is 10.1 Å². The van der Waals surface area contributed by atoms with Crippen LogP contribution in [-0.4, -0.2) is 4.37 Å². The van der Waals surface area contributed by atoms with Gasteiger partial charge in [0.15, 0.2) is 16.8 Å². The van der Waals surface area contributed by atoms with Crippen LogP contribution in [-0.2, 0) is 0 Å². The maximum atomic E-state index is 13.0. The zero-order valence-electron chi connectivity index (χ0n) is 5.94. The SMILES string of the molecule is Fc1cc(F)c2snc(Cl)c2c1F. The summed E-state index contributed by atoms with van der Waals surface area (Å²) in [6.45, 7) is 0. The first-order valence-corrected chi connectivity index (χ1v) is 4.34. The van der Waals surface area contributed by atoms with Crippen LogP contribution in [0.5, 0.6) is 0 Å². The van der Waals surface area contributed by atoms with E-state index in [-0.39, 0.29) is 15.2 Å². The predicted molar refractivity (Wildman–Crippen MR) is 44.5 cm³/mol. The third kappa shape index (κ3) is 1.19. The number of aromatic nitrogens is 1. The molecule has 0 fully saturated rings. The lowest BCUT2D eigenvalue weighted by atomic mass is 10.2. The average molecular weight is 224 g/mol. The molecule has 0 unspecified atom stereocenters. The van der Waals surface area contributed by atoms with Crippen molar-refractivity contribution in [2.45, 2.75) is 0 Å². The molecule has 6 heteroatoms. The molecule has 2 aromatic rings. The third-order valence-corrected chi connectivity index (χ3v) is 2.78. The Labute approximate surface area is 79.9 Å². The molecule has 2 rings (SSSR count). The zero-order valence-corrected chi connectivity index (χ0v) is 7.52. The molecule has 0 amide bonds. The molecule has 0 N–H and O–H groups in total. The molecule has 0 saturated carbocycles. The average Bonchev–Trinajstić information content (AvgIpc) is 2.44. The van der Waals surface area contributed by atoms with Gasteiger partial charge in [-0.1, -0.05) is 11.6 Å². The van der Waals surface area contributed by atoms with E-state index in [2.05, 4.69) is 4.37 Å². The molecule has 0 bridgehead atoms. The van der Waals surface area contributed by atoms with Crippen LogP contribution in [0.2, 0.25) is 5.15 Å². The fraction of sp³-hybridized carbons (Fsp3) is 0. The van der Waals surface area contributed by atoms with Gasteiger partial charge in [-0.05, 0) is 11.5 Å². The van der Waals surface area contributed by atoms with Gasteiger partial charge >= 0.3 is 0 Å². The van der Waals surface area contributed by atoms with E-state index in [1.807, 2.05) is 0 Å². The van der Waals surface area contributed by atoms with Crippen molar-refractivity contribution in [2.75, 3.05) is 0 Å². The normalized spacial score (nSPS) is 11.1. The summed E-state index contributed by atoms with van der Waals surface area (Å²) in [4.78, 5) is 0. The quantitative estimate of drug-likeness (QED) is 0.624. The van der Waals surface area contributed by atoms with E-state index >= 15 is 0 Å². The largest absolute Gasteiger partial charge is 0.205 e. The second-order valence-electron chi connectivity index (χ2n) is 2.33. The minimum atomic E-state index is -1.26.